The zero-order valence-corrected chi connectivity index (χ0v) is 16.2. The summed E-state index contributed by atoms with van der Waals surface area (Å²) in [5, 5.41) is 0. The van der Waals surface area contributed by atoms with E-state index < -0.39 is 0 Å². The average Bonchev–Trinajstić information content (AvgIpc) is 3.46. The summed E-state index contributed by atoms with van der Waals surface area (Å²) in [6.45, 7) is 9.14. The lowest BCUT2D eigenvalue weighted by molar-refractivity contribution is 0.420. The van der Waals surface area contributed by atoms with Gasteiger partial charge < -0.3 is 4.74 Å². The molecule has 2 unspecified atom stereocenters. The number of para-hydroxylation sites is 1. The molecular formula is C24H32O. The van der Waals surface area contributed by atoms with Gasteiger partial charge in [-0.3, -0.25) is 0 Å². The van der Waals surface area contributed by atoms with Crippen LogP contribution in [-0.2, 0) is 0 Å². The highest BCUT2D eigenvalue weighted by Crippen LogP contribution is 2.41. The van der Waals surface area contributed by atoms with Gasteiger partial charge in [0.15, 0.2) is 0 Å². The number of hydrogen-bond acceptors (Lipinski definition) is 1. The lowest BCUT2D eigenvalue weighted by atomic mass is 9.85. The van der Waals surface area contributed by atoms with E-state index in [2.05, 4.69) is 39.8 Å². The van der Waals surface area contributed by atoms with Gasteiger partial charge in [-0.1, -0.05) is 44.2 Å². The van der Waals surface area contributed by atoms with Crippen LogP contribution in [0.4, 0.5) is 0 Å². The molecule has 134 valence electrons. The number of hydrogen-bond donors (Lipinski definition) is 0. The van der Waals surface area contributed by atoms with E-state index >= 15 is 0 Å². The lowest BCUT2D eigenvalue weighted by Crippen LogP contribution is -2.06. The summed E-state index contributed by atoms with van der Waals surface area (Å²) in [6, 6.07) is 14.7. The van der Waals surface area contributed by atoms with Crippen LogP contribution in [0.2, 0.25) is 0 Å². The summed E-state index contributed by atoms with van der Waals surface area (Å²) in [7, 11) is 0. The molecular weight excluding hydrogens is 304 g/mol. The molecule has 0 bridgehead atoms. The second-order valence-corrected chi connectivity index (χ2v) is 7.84. The zero-order valence-electron chi connectivity index (χ0n) is 16.2. The Balaban J connectivity index is 1.78. The van der Waals surface area contributed by atoms with Crippen molar-refractivity contribution < 1.29 is 4.74 Å². The summed E-state index contributed by atoms with van der Waals surface area (Å²) in [5.74, 6) is 4.49. The smallest absolute Gasteiger partial charge is 0.133 e. The van der Waals surface area contributed by atoms with E-state index in [1.54, 1.807) is 0 Å². The van der Waals surface area contributed by atoms with Crippen LogP contribution in [0, 0.1) is 25.7 Å². The quantitative estimate of drug-likeness (QED) is 0.487. The molecule has 25 heavy (non-hydrogen) atoms. The first kappa shape index (κ1) is 18.0. The van der Waals surface area contributed by atoms with Gasteiger partial charge in [0, 0.05) is 0 Å². The first-order valence-corrected chi connectivity index (χ1v) is 9.93. The number of aryl methyl sites for hydroxylation is 1. The summed E-state index contributed by atoms with van der Waals surface area (Å²) in [5.41, 5.74) is 4.00. The highest BCUT2D eigenvalue weighted by atomic mass is 16.5. The zero-order chi connectivity index (χ0) is 17.8. The SMILES string of the molecule is CCC(CCC(C)C1CC1)c1ccc(C)c(Oc2ccccc2)c1C. The number of benzene rings is 2. The minimum absolute atomic E-state index is 0.639. The van der Waals surface area contributed by atoms with E-state index in [-0.39, 0.29) is 0 Å². The van der Waals surface area contributed by atoms with Crippen LogP contribution >= 0.6 is 0 Å². The van der Waals surface area contributed by atoms with Crippen LogP contribution in [0.1, 0.15) is 68.6 Å². The molecule has 3 rings (SSSR count). The summed E-state index contributed by atoms with van der Waals surface area (Å²) in [4.78, 5) is 0. The van der Waals surface area contributed by atoms with Crippen molar-refractivity contribution in [2.75, 3.05) is 0 Å². The Morgan fingerprint density at radius 2 is 1.72 bits per heavy atom. The molecule has 2 aromatic rings. The third-order valence-electron chi connectivity index (χ3n) is 5.94. The minimum atomic E-state index is 0.639. The maximum atomic E-state index is 6.25. The normalized spacial score (nSPS) is 16.5. The topological polar surface area (TPSA) is 9.23 Å². The van der Waals surface area contributed by atoms with Gasteiger partial charge in [-0.25, -0.2) is 0 Å². The van der Waals surface area contributed by atoms with Crippen molar-refractivity contribution in [2.45, 2.75) is 65.7 Å². The molecule has 2 aromatic carbocycles. The predicted octanol–water partition coefficient (Wildman–Crippen LogP) is 7.42. The molecule has 0 heterocycles. The Morgan fingerprint density at radius 1 is 1.00 bits per heavy atom. The van der Waals surface area contributed by atoms with Crippen LogP contribution in [0.5, 0.6) is 11.5 Å². The first-order valence-electron chi connectivity index (χ1n) is 9.93. The summed E-state index contributed by atoms with van der Waals surface area (Å²) < 4.78 is 6.25. The molecule has 0 spiro atoms. The van der Waals surface area contributed by atoms with Gasteiger partial charge in [0.1, 0.15) is 11.5 Å². The van der Waals surface area contributed by atoms with E-state index in [0.29, 0.717) is 5.92 Å². The molecule has 0 amide bonds. The van der Waals surface area contributed by atoms with Gasteiger partial charge in [-0.2, -0.15) is 0 Å². The molecule has 2 atom stereocenters. The maximum absolute atomic E-state index is 6.25. The van der Waals surface area contributed by atoms with Gasteiger partial charge in [0.25, 0.3) is 0 Å². The maximum Gasteiger partial charge on any atom is 0.133 e. The molecule has 0 aliphatic heterocycles. The molecule has 1 heteroatoms. The van der Waals surface area contributed by atoms with Gasteiger partial charge in [0.2, 0.25) is 0 Å². The first-order chi connectivity index (χ1) is 12.1. The van der Waals surface area contributed by atoms with Gasteiger partial charge in [0.05, 0.1) is 0 Å². The minimum Gasteiger partial charge on any atom is -0.457 e. The van der Waals surface area contributed by atoms with E-state index in [4.69, 9.17) is 4.74 Å². The van der Waals surface area contributed by atoms with E-state index in [1.165, 1.54) is 48.8 Å². The van der Waals surface area contributed by atoms with Crippen LogP contribution in [-0.4, -0.2) is 0 Å². The third kappa shape index (κ3) is 4.45. The van der Waals surface area contributed by atoms with Crippen molar-refractivity contribution in [1.82, 2.24) is 0 Å². The Bertz CT molecular complexity index is 685. The molecule has 0 N–H and O–H groups in total. The van der Waals surface area contributed by atoms with Gasteiger partial charge >= 0.3 is 0 Å². The van der Waals surface area contributed by atoms with Gasteiger partial charge in [-0.05, 0) is 92.5 Å². The van der Waals surface area contributed by atoms with Crippen LogP contribution in [0.15, 0.2) is 42.5 Å². The monoisotopic (exact) mass is 336 g/mol. The average molecular weight is 337 g/mol. The van der Waals surface area contributed by atoms with Crippen molar-refractivity contribution >= 4 is 0 Å². The van der Waals surface area contributed by atoms with Crippen LogP contribution in [0.3, 0.4) is 0 Å². The Hall–Kier alpha value is -1.76. The number of ether oxygens (including phenoxy) is 1. The second kappa shape index (κ2) is 8.08. The summed E-state index contributed by atoms with van der Waals surface area (Å²) >= 11 is 0. The van der Waals surface area contributed by atoms with Crippen LogP contribution < -0.4 is 4.74 Å². The molecule has 1 aliphatic rings. The highest BCUT2D eigenvalue weighted by molar-refractivity contribution is 5.48. The molecule has 1 fully saturated rings. The highest BCUT2D eigenvalue weighted by Gasteiger charge is 2.28. The van der Waals surface area contributed by atoms with E-state index in [0.717, 1.165) is 23.3 Å². The fraction of sp³-hybridized carbons (Fsp3) is 0.500. The Labute approximate surface area is 153 Å². The molecule has 1 saturated carbocycles. The molecule has 1 nitrogen and oxygen atoms in total. The largest absolute Gasteiger partial charge is 0.457 e. The Kier molecular flexibility index (Phi) is 5.83. The van der Waals surface area contributed by atoms with E-state index in [9.17, 15) is 0 Å². The fourth-order valence-electron chi connectivity index (χ4n) is 3.99. The second-order valence-electron chi connectivity index (χ2n) is 7.84. The van der Waals surface area contributed by atoms with E-state index in [1.807, 2.05) is 30.3 Å². The molecule has 0 radical (unpaired) electrons. The fourth-order valence-corrected chi connectivity index (χ4v) is 3.99. The molecule has 1 aliphatic carbocycles. The van der Waals surface area contributed by atoms with Crippen molar-refractivity contribution in [3.05, 3.63) is 59.2 Å². The van der Waals surface area contributed by atoms with Crippen molar-refractivity contribution in [1.29, 1.82) is 0 Å². The van der Waals surface area contributed by atoms with Gasteiger partial charge in [-0.15, -0.1) is 0 Å². The third-order valence-corrected chi connectivity index (χ3v) is 5.94. The Morgan fingerprint density at radius 3 is 2.36 bits per heavy atom. The molecule has 0 saturated heterocycles. The number of rotatable bonds is 8. The predicted molar refractivity (Wildman–Crippen MR) is 107 cm³/mol. The van der Waals surface area contributed by atoms with Crippen molar-refractivity contribution in [3.63, 3.8) is 0 Å². The standard InChI is InChI=1S/C24H32O/c1-5-20(13-11-17(2)21-14-15-21)23-16-12-18(3)24(19(23)4)25-22-9-7-6-8-10-22/h6-10,12,16-17,20-21H,5,11,13-15H2,1-4H3. The van der Waals surface area contributed by atoms with Crippen LogP contribution in [0.25, 0.3) is 0 Å². The molecule has 0 aromatic heterocycles. The summed E-state index contributed by atoms with van der Waals surface area (Å²) in [6.07, 6.45) is 6.76. The lowest BCUT2D eigenvalue weighted by Gasteiger charge is -2.22. The van der Waals surface area contributed by atoms with Crippen molar-refractivity contribution in [3.8, 4) is 11.5 Å². The van der Waals surface area contributed by atoms with Crippen molar-refractivity contribution in [2.24, 2.45) is 11.8 Å².